The zero-order chi connectivity index (χ0) is 17.9. The fraction of sp³-hybridized carbons (Fsp3) is 0.556. The topological polar surface area (TPSA) is 93.3 Å². The van der Waals surface area contributed by atoms with Crippen LogP contribution < -0.4 is 5.32 Å². The molecule has 2 fully saturated rings. The zero-order valence-electron chi connectivity index (χ0n) is 14.6. The first-order valence-electron chi connectivity index (χ1n) is 9.21. The molecular formula is C18H23N5O3. The van der Waals surface area contributed by atoms with Crippen LogP contribution in [-0.4, -0.2) is 50.8 Å². The molecule has 138 valence electrons. The van der Waals surface area contributed by atoms with Gasteiger partial charge in [0.1, 0.15) is 6.54 Å². The third-order valence-electron chi connectivity index (χ3n) is 5.02. The Bertz CT molecular complexity index is 766. The summed E-state index contributed by atoms with van der Waals surface area (Å²) in [5.74, 6) is 0.683. The minimum absolute atomic E-state index is 0.0287. The Morgan fingerprint density at radius 1 is 1.19 bits per heavy atom. The second-order valence-electron chi connectivity index (χ2n) is 7.04. The Morgan fingerprint density at radius 3 is 2.77 bits per heavy atom. The highest BCUT2D eigenvalue weighted by molar-refractivity contribution is 5.93. The van der Waals surface area contributed by atoms with E-state index in [2.05, 4.69) is 15.5 Å². The first kappa shape index (κ1) is 16.8. The normalized spacial score (nSPS) is 20.6. The highest BCUT2D eigenvalue weighted by Crippen LogP contribution is 2.42. The van der Waals surface area contributed by atoms with Crippen molar-refractivity contribution in [1.29, 1.82) is 0 Å². The summed E-state index contributed by atoms with van der Waals surface area (Å²) in [6, 6.07) is 1.82. The number of nitrogens with zero attached hydrogens (tertiary/aromatic N) is 4. The molecule has 0 aromatic carbocycles. The molecule has 0 spiro atoms. The van der Waals surface area contributed by atoms with E-state index in [4.69, 9.17) is 4.42 Å². The Morgan fingerprint density at radius 2 is 2.00 bits per heavy atom. The van der Waals surface area contributed by atoms with Gasteiger partial charge in [-0.2, -0.15) is 15.0 Å². The van der Waals surface area contributed by atoms with Gasteiger partial charge >= 0.3 is 0 Å². The highest BCUT2D eigenvalue weighted by atomic mass is 16.3. The van der Waals surface area contributed by atoms with E-state index >= 15 is 0 Å². The summed E-state index contributed by atoms with van der Waals surface area (Å²) in [4.78, 5) is 28.3. The van der Waals surface area contributed by atoms with Crippen molar-refractivity contribution in [3.05, 3.63) is 36.0 Å². The maximum atomic E-state index is 12.6. The van der Waals surface area contributed by atoms with Gasteiger partial charge in [-0.15, -0.1) is 0 Å². The first-order valence-corrected chi connectivity index (χ1v) is 9.21. The number of furan rings is 1. The van der Waals surface area contributed by atoms with E-state index in [9.17, 15) is 9.59 Å². The van der Waals surface area contributed by atoms with Gasteiger partial charge in [0.2, 0.25) is 5.91 Å². The average Bonchev–Trinajstić information content (AvgIpc) is 3.21. The lowest BCUT2D eigenvalue weighted by atomic mass is 10.1. The van der Waals surface area contributed by atoms with Crippen molar-refractivity contribution in [2.75, 3.05) is 13.1 Å². The van der Waals surface area contributed by atoms with Crippen molar-refractivity contribution in [1.82, 2.24) is 25.2 Å². The van der Waals surface area contributed by atoms with Crippen molar-refractivity contribution in [3.8, 4) is 0 Å². The van der Waals surface area contributed by atoms with E-state index in [-0.39, 0.29) is 24.4 Å². The van der Waals surface area contributed by atoms with Crippen molar-refractivity contribution in [2.24, 2.45) is 0 Å². The lowest BCUT2D eigenvalue weighted by Gasteiger charge is -2.25. The largest absolute Gasteiger partial charge is 0.459 e. The van der Waals surface area contributed by atoms with Crippen LogP contribution in [0.5, 0.6) is 0 Å². The number of nitrogens with one attached hydrogen (secondary N) is 1. The van der Waals surface area contributed by atoms with Gasteiger partial charge in [0.05, 0.1) is 18.7 Å². The van der Waals surface area contributed by atoms with Crippen molar-refractivity contribution < 1.29 is 14.0 Å². The molecule has 0 radical (unpaired) electrons. The Kier molecular flexibility index (Phi) is 4.73. The summed E-state index contributed by atoms with van der Waals surface area (Å²) in [5.41, 5.74) is 1.01. The number of likely N-dealkylation sites (tertiary alicyclic amines) is 1. The molecule has 1 saturated heterocycles. The maximum absolute atomic E-state index is 12.6. The van der Waals surface area contributed by atoms with Crippen LogP contribution in [0.4, 0.5) is 0 Å². The van der Waals surface area contributed by atoms with Crippen molar-refractivity contribution in [3.63, 3.8) is 0 Å². The van der Waals surface area contributed by atoms with Crippen LogP contribution in [0.2, 0.25) is 0 Å². The van der Waals surface area contributed by atoms with E-state index < -0.39 is 0 Å². The van der Waals surface area contributed by atoms with E-state index in [1.807, 2.05) is 6.07 Å². The molecule has 1 saturated carbocycles. The predicted molar refractivity (Wildman–Crippen MR) is 92.4 cm³/mol. The molecule has 3 heterocycles. The minimum Gasteiger partial charge on any atom is -0.459 e. The average molecular weight is 357 g/mol. The predicted octanol–water partition coefficient (Wildman–Crippen LogP) is 1.56. The summed E-state index contributed by atoms with van der Waals surface area (Å²) in [7, 11) is 0. The van der Waals surface area contributed by atoms with Crippen LogP contribution >= 0.6 is 0 Å². The van der Waals surface area contributed by atoms with Gasteiger partial charge in [0.15, 0.2) is 5.76 Å². The monoisotopic (exact) mass is 357 g/mol. The third-order valence-corrected chi connectivity index (χ3v) is 5.02. The molecule has 1 unspecified atom stereocenters. The number of rotatable bonds is 5. The molecular weight excluding hydrogens is 334 g/mol. The Hall–Kier alpha value is -2.64. The molecule has 8 heteroatoms. The minimum atomic E-state index is -0.176. The van der Waals surface area contributed by atoms with Gasteiger partial charge < -0.3 is 14.6 Å². The summed E-state index contributed by atoms with van der Waals surface area (Å²) in [6.45, 7) is 1.32. The Balaban J connectivity index is 1.38. The van der Waals surface area contributed by atoms with Gasteiger partial charge in [-0.3, -0.25) is 9.59 Å². The third kappa shape index (κ3) is 3.79. The molecule has 0 bridgehead atoms. The number of amides is 2. The van der Waals surface area contributed by atoms with Crippen LogP contribution in [0, 0.1) is 0 Å². The van der Waals surface area contributed by atoms with Gasteiger partial charge in [0, 0.05) is 24.7 Å². The van der Waals surface area contributed by atoms with Crippen LogP contribution in [0.25, 0.3) is 0 Å². The highest BCUT2D eigenvalue weighted by Gasteiger charge is 2.31. The quantitative estimate of drug-likeness (QED) is 0.876. The van der Waals surface area contributed by atoms with Crippen molar-refractivity contribution in [2.45, 2.75) is 50.6 Å². The zero-order valence-corrected chi connectivity index (χ0v) is 14.6. The summed E-state index contributed by atoms with van der Waals surface area (Å²) >= 11 is 0. The molecule has 8 nitrogen and oxygen atoms in total. The smallest absolute Gasteiger partial charge is 0.287 e. The first-order chi connectivity index (χ1) is 12.7. The standard InChI is InChI=1S/C18H23N5O3/c24-16(12-23-19-7-8-20-23)22-9-2-1-3-14(11-22)21-18(25)17-15(6-10-26-17)13-4-5-13/h6-8,10,13-14H,1-5,9,11-12H2,(H,21,25). The Labute approximate surface area is 151 Å². The molecule has 26 heavy (non-hydrogen) atoms. The second-order valence-corrected chi connectivity index (χ2v) is 7.04. The number of hydrogen-bond acceptors (Lipinski definition) is 5. The van der Waals surface area contributed by atoms with Crippen LogP contribution in [0.1, 0.15) is 54.1 Å². The van der Waals surface area contributed by atoms with E-state index in [0.29, 0.717) is 24.8 Å². The molecule has 2 aromatic rings. The lowest BCUT2D eigenvalue weighted by Crippen LogP contribution is -2.45. The van der Waals surface area contributed by atoms with Gasteiger partial charge in [-0.1, -0.05) is 0 Å². The van der Waals surface area contributed by atoms with Gasteiger partial charge in [-0.05, 0) is 44.1 Å². The molecule has 4 rings (SSSR count). The molecule has 1 atom stereocenters. The van der Waals surface area contributed by atoms with Gasteiger partial charge in [-0.25, -0.2) is 0 Å². The number of hydrogen-bond donors (Lipinski definition) is 1. The number of aromatic nitrogens is 3. The molecule has 1 aliphatic heterocycles. The molecule has 1 aliphatic carbocycles. The molecule has 2 amide bonds. The van der Waals surface area contributed by atoms with Crippen LogP contribution in [0.3, 0.4) is 0 Å². The second kappa shape index (κ2) is 7.31. The fourth-order valence-corrected chi connectivity index (χ4v) is 3.50. The lowest BCUT2D eigenvalue weighted by molar-refractivity contribution is -0.132. The van der Waals surface area contributed by atoms with Gasteiger partial charge in [0.25, 0.3) is 5.91 Å². The van der Waals surface area contributed by atoms with Crippen LogP contribution in [-0.2, 0) is 11.3 Å². The summed E-state index contributed by atoms with van der Waals surface area (Å²) in [6.07, 6.45) is 9.69. The molecule has 1 N–H and O–H groups in total. The number of carbonyl (C=O) groups excluding carboxylic acids is 2. The van der Waals surface area contributed by atoms with E-state index in [1.54, 1.807) is 23.6 Å². The SMILES string of the molecule is O=C(NC1CCCCN(C(=O)Cn2nccn2)C1)c1occc1C1CC1. The van der Waals surface area contributed by atoms with E-state index in [0.717, 1.165) is 37.7 Å². The fourth-order valence-electron chi connectivity index (χ4n) is 3.50. The van der Waals surface area contributed by atoms with E-state index in [1.165, 1.54) is 4.80 Å². The summed E-state index contributed by atoms with van der Waals surface area (Å²) in [5, 5.41) is 11.0. The maximum Gasteiger partial charge on any atom is 0.287 e. The van der Waals surface area contributed by atoms with Crippen LogP contribution in [0.15, 0.2) is 29.1 Å². The summed E-state index contributed by atoms with van der Waals surface area (Å²) < 4.78 is 5.43. The molecule has 2 aromatic heterocycles. The number of carbonyl (C=O) groups is 2. The molecule has 2 aliphatic rings. The van der Waals surface area contributed by atoms with Crippen molar-refractivity contribution >= 4 is 11.8 Å².